The van der Waals surface area contributed by atoms with Gasteiger partial charge in [0.05, 0.1) is 6.20 Å². The Bertz CT molecular complexity index is 313. The van der Waals surface area contributed by atoms with Gasteiger partial charge in [0, 0.05) is 20.4 Å². The maximum absolute atomic E-state index is 11.1. The normalized spacial score (nSPS) is 10.8. The third-order valence-electron chi connectivity index (χ3n) is 2.04. The second kappa shape index (κ2) is 3.73. The molecule has 1 heterocycles. The molecule has 0 saturated carbocycles. The lowest BCUT2D eigenvalue weighted by Gasteiger charge is -2.05. The number of hydrogen-bond donors (Lipinski definition) is 0. The van der Waals surface area contributed by atoms with Crippen LogP contribution >= 0.6 is 0 Å². The van der Waals surface area contributed by atoms with Crippen LogP contribution in [-0.4, -0.2) is 15.3 Å². The van der Waals surface area contributed by atoms with E-state index in [0.29, 0.717) is 11.6 Å². The van der Waals surface area contributed by atoms with Crippen molar-refractivity contribution >= 4 is 5.78 Å². The Balaban J connectivity index is 2.93. The maximum atomic E-state index is 11.1. The summed E-state index contributed by atoms with van der Waals surface area (Å²) in [5, 5.41) is 0. The number of imidazole rings is 1. The van der Waals surface area contributed by atoms with Crippen molar-refractivity contribution in [1.82, 2.24) is 9.55 Å². The number of aromatic nitrogens is 2. The van der Waals surface area contributed by atoms with E-state index in [9.17, 15) is 4.79 Å². The molecule has 1 aromatic heterocycles. The van der Waals surface area contributed by atoms with E-state index in [0.717, 1.165) is 12.2 Å². The highest BCUT2D eigenvalue weighted by molar-refractivity contribution is 5.92. The van der Waals surface area contributed by atoms with Gasteiger partial charge in [-0.2, -0.15) is 0 Å². The minimum Gasteiger partial charge on any atom is -0.329 e. The van der Waals surface area contributed by atoms with E-state index >= 15 is 0 Å². The first-order valence-corrected chi connectivity index (χ1v) is 4.54. The van der Waals surface area contributed by atoms with Crippen LogP contribution in [0.1, 0.15) is 37.1 Å². The Morgan fingerprint density at radius 3 is 2.62 bits per heavy atom. The molecule has 0 aliphatic rings. The lowest BCUT2D eigenvalue weighted by Crippen LogP contribution is -2.07. The Morgan fingerprint density at radius 2 is 2.23 bits per heavy atom. The summed E-state index contributed by atoms with van der Waals surface area (Å²) in [7, 11) is 1.89. The van der Waals surface area contributed by atoms with Gasteiger partial charge < -0.3 is 4.57 Å². The van der Waals surface area contributed by atoms with Crippen LogP contribution in [0.25, 0.3) is 0 Å². The Kier molecular flexibility index (Phi) is 2.86. The number of nitrogens with zero attached hydrogens (tertiary/aromatic N) is 2. The van der Waals surface area contributed by atoms with Crippen LogP contribution in [0.3, 0.4) is 0 Å². The first-order chi connectivity index (χ1) is 6.02. The molecule has 0 radical (unpaired) electrons. The van der Waals surface area contributed by atoms with Crippen LogP contribution in [0.4, 0.5) is 0 Å². The van der Waals surface area contributed by atoms with E-state index in [4.69, 9.17) is 0 Å². The molecule has 0 bridgehead atoms. The van der Waals surface area contributed by atoms with Crippen molar-refractivity contribution in [3.05, 3.63) is 17.7 Å². The molecule has 0 N–H and O–H groups in total. The largest absolute Gasteiger partial charge is 0.329 e. The number of rotatable bonds is 3. The number of hydrogen-bond acceptors (Lipinski definition) is 2. The van der Waals surface area contributed by atoms with Gasteiger partial charge in [-0.05, 0) is 5.92 Å². The smallest absolute Gasteiger partial charge is 0.177 e. The molecule has 0 amide bonds. The van der Waals surface area contributed by atoms with Crippen molar-refractivity contribution in [2.45, 2.75) is 27.2 Å². The van der Waals surface area contributed by atoms with Crippen molar-refractivity contribution in [3.8, 4) is 0 Å². The first-order valence-electron chi connectivity index (χ1n) is 4.54. The van der Waals surface area contributed by atoms with Crippen molar-refractivity contribution in [2.24, 2.45) is 13.0 Å². The van der Waals surface area contributed by atoms with Gasteiger partial charge in [-0.15, -0.1) is 0 Å². The zero-order chi connectivity index (χ0) is 10.0. The zero-order valence-electron chi connectivity index (χ0n) is 8.66. The molecule has 0 spiro atoms. The molecule has 72 valence electrons. The highest BCUT2D eigenvalue weighted by Crippen LogP contribution is 2.08. The first kappa shape index (κ1) is 9.96. The van der Waals surface area contributed by atoms with E-state index < -0.39 is 0 Å². The van der Waals surface area contributed by atoms with Gasteiger partial charge in [0.15, 0.2) is 5.78 Å². The summed E-state index contributed by atoms with van der Waals surface area (Å²) in [6, 6.07) is 0. The van der Waals surface area contributed by atoms with Crippen LogP contribution < -0.4 is 0 Å². The molecule has 3 nitrogen and oxygen atoms in total. The molecule has 0 aliphatic carbocycles. The maximum Gasteiger partial charge on any atom is 0.177 e. The van der Waals surface area contributed by atoms with Gasteiger partial charge in [0.1, 0.15) is 11.5 Å². The Hall–Kier alpha value is -1.12. The van der Waals surface area contributed by atoms with Crippen molar-refractivity contribution in [3.63, 3.8) is 0 Å². The topological polar surface area (TPSA) is 34.9 Å². The molecule has 1 rings (SSSR count). The van der Waals surface area contributed by atoms with Gasteiger partial charge in [-0.1, -0.05) is 13.8 Å². The van der Waals surface area contributed by atoms with E-state index in [1.165, 1.54) is 0 Å². The third kappa shape index (κ3) is 2.17. The summed E-state index contributed by atoms with van der Waals surface area (Å²) in [6.07, 6.45) is 2.57. The molecule has 0 saturated heterocycles. The van der Waals surface area contributed by atoms with Gasteiger partial charge >= 0.3 is 0 Å². The van der Waals surface area contributed by atoms with E-state index in [-0.39, 0.29) is 5.78 Å². The Morgan fingerprint density at radius 1 is 1.62 bits per heavy atom. The molecule has 0 fully saturated rings. The van der Waals surface area contributed by atoms with Gasteiger partial charge in [-0.25, -0.2) is 4.98 Å². The monoisotopic (exact) mass is 180 g/mol. The molecule has 0 unspecified atom stereocenters. The minimum absolute atomic E-state index is 0.0741. The predicted molar refractivity (Wildman–Crippen MR) is 51.8 cm³/mol. The van der Waals surface area contributed by atoms with Gasteiger partial charge in [0.2, 0.25) is 0 Å². The van der Waals surface area contributed by atoms with Crippen LogP contribution in [0.15, 0.2) is 6.20 Å². The standard InChI is InChI=1S/C10H16N2O/c1-7(2)5-10-11-6-9(8(3)13)12(10)4/h6-7H,5H2,1-4H3. The average Bonchev–Trinajstić information content (AvgIpc) is 2.32. The fourth-order valence-corrected chi connectivity index (χ4v) is 1.33. The van der Waals surface area contributed by atoms with Crippen LogP contribution in [-0.2, 0) is 13.5 Å². The second-order valence-electron chi connectivity index (χ2n) is 3.77. The summed E-state index contributed by atoms with van der Waals surface area (Å²) in [5.74, 6) is 1.63. The lowest BCUT2D eigenvalue weighted by atomic mass is 10.1. The fourth-order valence-electron chi connectivity index (χ4n) is 1.33. The second-order valence-corrected chi connectivity index (χ2v) is 3.77. The molecular formula is C10H16N2O. The summed E-state index contributed by atoms with van der Waals surface area (Å²) < 4.78 is 1.88. The molecular weight excluding hydrogens is 164 g/mol. The lowest BCUT2D eigenvalue weighted by molar-refractivity contribution is 0.101. The average molecular weight is 180 g/mol. The van der Waals surface area contributed by atoms with Crippen molar-refractivity contribution in [1.29, 1.82) is 0 Å². The van der Waals surface area contributed by atoms with E-state index in [2.05, 4.69) is 18.8 Å². The fraction of sp³-hybridized carbons (Fsp3) is 0.600. The van der Waals surface area contributed by atoms with Gasteiger partial charge in [-0.3, -0.25) is 4.79 Å². The van der Waals surface area contributed by atoms with Crippen LogP contribution in [0.5, 0.6) is 0 Å². The number of carbonyl (C=O) groups excluding carboxylic acids is 1. The summed E-state index contributed by atoms with van der Waals surface area (Å²) in [4.78, 5) is 15.3. The minimum atomic E-state index is 0.0741. The Labute approximate surface area is 78.8 Å². The van der Waals surface area contributed by atoms with Gasteiger partial charge in [0.25, 0.3) is 0 Å². The molecule has 0 atom stereocenters. The highest BCUT2D eigenvalue weighted by Gasteiger charge is 2.10. The molecule has 13 heavy (non-hydrogen) atoms. The van der Waals surface area contributed by atoms with Crippen LogP contribution in [0, 0.1) is 5.92 Å². The van der Waals surface area contributed by atoms with Crippen LogP contribution in [0.2, 0.25) is 0 Å². The third-order valence-corrected chi connectivity index (χ3v) is 2.04. The highest BCUT2D eigenvalue weighted by atomic mass is 16.1. The SMILES string of the molecule is CC(=O)c1cnc(CC(C)C)n1C. The number of carbonyl (C=O) groups is 1. The molecule has 1 aromatic rings. The predicted octanol–water partition coefficient (Wildman–Crippen LogP) is 1.82. The summed E-state index contributed by atoms with van der Waals surface area (Å²) >= 11 is 0. The number of ketones is 1. The summed E-state index contributed by atoms with van der Waals surface area (Å²) in [6.45, 7) is 5.85. The molecule has 0 aliphatic heterocycles. The van der Waals surface area contributed by atoms with Crippen molar-refractivity contribution in [2.75, 3.05) is 0 Å². The van der Waals surface area contributed by atoms with E-state index in [1.807, 2.05) is 11.6 Å². The van der Waals surface area contributed by atoms with E-state index in [1.54, 1.807) is 13.1 Å². The quantitative estimate of drug-likeness (QED) is 0.665. The zero-order valence-corrected chi connectivity index (χ0v) is 8.66. The molecule has 3 heteroatoms. The number of Topliss-reactive ketones (excluding diaryl/α,β-unsaturated/α-hetero) is 1. The summed E-state index contributed by atoms with van der Waals surface area (Å²) in [5.41, 5.74) is 0.690. The van der Waals surface area contributed by atoms with Crippen molar-refractivity contribution < 1.29 is 4.79 Å². The molecule has 0 aromatic carbocycles.